The number of nitrogens with zero attached hydrogens (tertiary/aromatic N) is 1. The summed E-state index contributed by atoms with van der Waals surface area (Å²) in [6.45, 7) is 7.31. The van der Waals surface area contributed by atoms with E-state index >= 15 is 0 Å². The third-order valence-corrected chi connectivity index (χ3v) is 3.82. The molecule has 0 saturated carbocycles. The molecular formula is C16H24N2O2. The van der Waals surface area contributed by atoms with Crippen molar-refractivity contribution in [2.75, 3.05) is 13.1 Å². The fraction of sp³-hybridized carbons (Fsp3) is 0.562. The summed E-state index contributed by atoms with van der Waals surface area (Å²) in [5.41, 5.74) is 2.46. The lowest BCUT2D eigenvalue weighted by Crippen LogP contribution is -2.41. The summed E-state index contributed by atoms with van der Waals surface area (Å²) in [5.74, 6) is 0.402. The zero-order valence-corrected chi connectivity index (χ0v) is 12.5. The number of fused-ring (bicyclic) bond motifs is 1. The Morgan fingerprint density at radius 3 is 2.90 bits per heavy atom. The van der Waals surface area contributed by atoms with Crippen LogP contribution in [0.2, 0.25) is 0 Å². The number of nitrogens with one attached hydrogen (secondary N) is 1. The van der Waals surface area contributed by atoms with Crippen LogP contribution in [-0.4, -0.2) is 35.0 Å². The van der Waals surface area contributed by atoms with Gasteiger partial charge in [0.2, 0.25) is 5.91 Å². The highest BCUT2D eigenvalue weighted by atomic mass is 16.3. The minimum atomic E-state index is 0.0779. The number of hydrogen-bond acceptors (Lipinski definition) is 3. The van der Waals surface area contributed by atoms with Crippen LogP contribution in [-0.2, 0) is 11.2 Å². The SMILES string of the molecule is CCN(CC(=O)NC(C)C)C1CCc2cc(O)ccc21. The summed E-state index contributed by atoms with van der Waals surface area (Å²) in [5, 5.41) is 12.5. The van der Waals surface area contributed by atoms with Crippen molar-refractivity contribution in [1.82, 2.24) is 10.2 Å². The number of benzene rings is 1. The Hall–Kier alpha value is -1.55. The van der Waals surface area contributed by atoms with E-state index in [0.717, 1.165) is 19.4 Å². The molecule has 1 aromatic carbocycles. The van der Waals surface area contributed by atoms with Crippen LogP contribution in [0, 0.1) is 0 Å². The van der Waals surface area contributed by atoms with Crippen molar-refractivity contribution in [2.24, 2.45) is 0 Å². The van der Waals surface area contributed by atoms with Gasteiger partial charge < -0.3 is 10.4 Å². The van der Waals surface area contributed by atoms with Crippen molar-refractivity contribution in [3.8, 4) is 5.75 Å². The third-order valence-electron chi connectivity index (χ3n) is 3.82. The smallest absolute Gasteiger partial charge is 0.234 e. The topological polar surface area (TPSA) is 52.6 Å². The van der Waals surface area contributed by atoms with E-state index in [2.05, 4.69) is 17.1 Å². The first kappa shape index (κ1) is 14.9. The zero-order chi connectivity index (χ0) is 14.7. The van der Waals surface area contributed by atoms with Gasteiger partial charge in [0.1, 0.15) is 5.75 Å². The second kappa shape index (κ2) is 6.27. The van der Waals surface area contributed by atoms with Gasteiger partial charge >= 0.3 is 0 Å². The first-order chi connectivity index (χ1) is 9.51. The number of rotatable bonds is 5. The first-order valence-electron chi connectivity index (χ1n) is 7.36. The molecule has 1 atom stereocenters. The van der Waals surface area contributed by atoms with Gasteiger partial charge in [-0.25, -0.2) is 0 Å². The Labute approximate surface area is 120 Å². The lowest BCUT2D eigenvalue weighted by molar-refractivity contribution is -0.123. The average molecular weight is 276 g/mol. The molecule has 0 bridgehead atoms. The quantitative estimate of drug-likeness (QED) is 0.867. The second-order valence-electron chi connectivity index (χ2n) is 5.72. The van der Waals surface area contributed by atoms with Crippen molar-refractivity contribution >= 4 is 5.91 Å². The molecule has 1 aliphatic carbocycles. The van der Waals surface area contributed by atoms with Crippen molar-refractivity contribution in [2.45, 2.75) is 45.7 Å². The van der Waals surface area contributed by atoms with Gasteiger partial charge in [0.15, 0.2) is 0 Å². The highest BCUT2D eigenvalue weighted by molar-refractivity contribution is 5.78. The molecule has 0 spiro atoms. The van der Waals surface area contributed by atoms with Gasteiger partial charge in [-0.15, -0.1) is 0 Å². The Kier molecular flexibility index (Phi) is 4.65. The molecule has 1 amide bonds. The molecule has 4 heteroatoms. The van der Waals surface area contributed by atoms with Gasteiger partial charge in [0.25, 0.3) is 0 Å². The number of hydrogen-bond donors (Lipinski definition) is 2. The van der Waals surface area contributed by atoms with Gasteiger partial charge in [-0.1, -0.05) is 13.0 Å². The summed E-state index contributed by atoms with van der Waals surface area (Å²) >= 11 is 0. The number of phenolic OH excluding ortho intramolecular Hbond substituents is 1. The van der Waals surface area contributed by atoms with E-state index in [0.29, 0.717) is 12.3 Å². The molecule has 4 nitrogen and oxygen atoms in total. The van der Waals surface area contributed by atoms with E-state index in [1.54, 1.807) is 6.07 Å². The van der Waals surface area contributed by atoms with Crippen LogP contribution in [0.1, 0.15) is 44.4 Å². The van der Waals surface area contributed by atoms with Crippen molar-refractivity contribution in [1.29, 1.82) is 0 Å². The maximum atomic E-state index is 12.0. The Balaban J connectivity index is 2.09. The van der Waals surface area contributed by atoms with Crippen LogP contribution in [0.15, 0.2) is 18.2 Å². The number of phenols is 1. The monoisotopic (exact) mass is 276 g/mol. The molecule has 2 rings (SSSR count). The van der Waals surface area contributed by atoms with Gasteiger partial charge in [-0.2, -0.15) is 0 Å². The molecule has 0 aliphatic heterocycles. The highest BCUT2D eigenvalue weighted by Crippen LogP contribution is 2.37. The van der Waals surface area contributed by atoms with E-state index in [1.165, 1.54) is 11.1 Å². The standard InChI is InChI=1S/C16H24N2O2/c1-4-18(10-16(20)17-11(2)3)15-8-5-12-9-13(19)6-7-14(12)15/h6-7,9,11,15,19H,4-5,8,10H2,1-3H3,(H,17,20). The fourth-order valence-electron chi connectivity index (χ4n) is 2.96. The van der Waals surface area contributed by atoms with Crippen molar-refractivity contribution in [3.05, 3.63) is 29.3 Å². The van der Waals surface area contributed by atoms with E-state index in [4.69, 9.17) is 0 Å². The Morgan fingerprint density at radius 1 is 1.50 bits per heavy atom. The largest absolute Gasteiger partial charge is 0.508 e. The lowest BCUT2D eigenvalue weighted by atomic mass is 10.1. The molecule has 0 radical (unpaired) electrons. The zero-order valence-electron chi connectivity index (χ0n) is 12.5. The molecule has 0 saturated heterocycles. The summed E-state index contributed by atoms with van der Waals surface area (Å²) in [4.78, 5) is 14.2. The van der Waals surface area contributed by atoms with Crippen molar-refractivity contribution in [3.63, 3.8) is 0 Å². The number of likely N-dealkylation sites (N-methyl/N-ethyl adjacent to an activating group) is 1. The van der Waals surface area contributed by atoms with E-state index < -0.39 is 0 Å². The molecule has 0 heterocycles. The van der Waals surface area contributed by atoms with Crippen LogP contribution in [0.4, 0.5) is 0 Å². The Morgan fingerprint density at radius 2 is 2.25 bits per heavy atom. The predicted molar refractivity (Wildman–Crippen MR) is 79.7 cm³/mol. The molecule has 0 fully saturated rings. The molecule has 2 N–H and O–H groups in total. The molecule has 1 aromatic rings. The molecule has 1 unspecified atom stereocenters. The van der Waals surface area contributed by atoms with Crippen LogP contribution < -0.4 is 5.32 Å². The van der Waals surface area contributed by atoms with Gasteiger partial charge in [0.05, 0.1) is 6.54 Å². The predicted octanol–water partition coefficient (Wildman–Crippen LogP) is 2.23. The third kappa shape index (κ3) is 3.31. The number of aromatic hydroxyl groups is 1. The van der Waals surface area contributed by atoms with Crippen LogP contribution >= 0.6 is 0 Å². The van der Waals surface area contributed by atoms with Gasteiger partial charge in [-0.3, -0.25) is 9.69 Å². The minimum absolute atomic E-state index is 0.0779. The summed E-state index contributed by atoms with van der Waals surface area (Å²) in [6, 6.07) is 6.03. The van der Waals surface area contributed by atoms with E-state index in [1.807, 2.05) is 26.0 Å². The highest BCUT2D eigenvalue weighted by Gasteiger charge is 2.28. The molecule has 0 aromatic heterocycles. The van der Waals surface area contributed by atoms with Crippen molar-refractivity contribution < 1.29 is 9.90 Å². The number of aryl methyl sites for hydroxylation is 1. The maximum absolute atomic E-state index is 12.0. The summed E-state index contributed by atoms with van der Waals surface area (Å²) in [6.07, 6.45) is 1.98. The fourth-order valence-corrected chi connectivity index (χ4v) is 2.96. The molecule has 110 valence electrons. The molecular weight excluding hydrogens is 252 g/mol. The maximum Gasteiger partial charge on any atom is 0.234 e. The normalized spacial score (nSPS) is 17.6. The number of amides is 1. The van der Waals surface area contributed by atoms with E-state index in [-0.39, 0.29) is 18.0 Å². The van der Waals surface area contributed by atoms with Crippen LogP contribution in [0.25, 0.3) is 0 Å². The Bertz CT molecular complexity index is 485. The van der Waals surface area contributed by atoms with E-state index in [9.17, 15) is 9.90 Å². The number of carbonyl (C=O) groups excluding carboxylic acids is 1. The lowest BCUT2D eigenvalue weighted by Gasteiger charge is -2.28. The minimum Gasteiger partial charge on any atom is -0.508 e. The van der Waals surface area contributed by atoms with Crippen LogP contribution in [0.3, 0.4) is 0 Å². The average Bonchev–Trinajstić information content (AvgIpc) is 2.77. The van der Waals surface area contributed by atoms with Crippen LogP contribution in [0.5, 0.6) is 5.75 Å². The number of carbonyl (C=O) groups is 1. The molecule has 20 heavy (non-hydrogen) atoms. The summed E-state index contributed by atoms with van der Waals surface area (Å²) < 4.78 is 0. The van der Waals surface area contributed by atoms with Gasteiger partial charge in [0, 0.05) is 12.1 Å². The van der Waals surface area contributed by atoms with Gasteiger partial charge in [-0.05, 0) is 56.5 Å². The second-order valence-corrected chi connectivity index (χ2v) is 5.72. The first-order valence-corrected chi connectivity index (χ1v) is 7.36. The molecule has 1 aliphatic rings. The summed E-state index contributed by atoms with van der Waals surface area (Å²) in [7, 11) is 0.